The second-order valence-corrected chi connectivity index (χ2v) is 17.4. The Morgan fingerprint density at radius 3 is 2.53 bits per heavy atom. The fourth-order valence-electron chi connectivity index (χ4n) is 10.8. The number of imide groups is 1. The van der Waals surface area contributed by atoms with E-state index < -0.39 is 11.9 Å². The van der Waals surface area contributed by atoms with Gasteiger partial charge in [-0.3, -0.25) is 33.8 Å². The summed E-state index contributed by atoms with van der Waals surface area (Å²) < 4.78 is 19.1. The van der Waals surface area contributed by atoms with Crippen LogP contribution >= 0.6 is 0 Å². The summed E-state index contributed by atoms with van der Waals surface area (Å²) in [6, 6.07) is 12.7. The molecule has 5 aliphatic rings. The van der Waals surface area contributed by atoms with Crippen LogP contribution in [0.25, 0.3) is 33.5 Å². The number of likely N-dealkylation sites (tertiary alicyclic amines) is 1. The zero-order valence-electron chi connectivity index (χ0n) is 33.1. The van der Waals surface area contributed by atoms with Gasteiger partial charge in [0, 0.05) is 74.9 Å². The minimum Gasteiger partial charge on any atom is -0.371 e. The van der Waals surface area contributed by atoms with Crippen LogP contribution in [0.2, 0.25) is 0 Å². The molecule has 1 atom stereocenters. The number of carbonyl (C=O) groups is 3. The van der Waals surface area contributed by atoms with Crippen molar-refractivity contribution in [2.75, 3.05) is 44.7 Å². The summed E-state index contributed by atoms with van der Waals surface area (Å²) in [6.45, 7) is 4.20. The number of pyridine rings is 1. The number of hydrogen-bond acceptors (Lipinski definition) is 7. The van der Waals surface area contributed by atoms with E-state index in [1.165, 1.54) is 0 Å². The van der Waals surface area contributed by atoms with Crippen LogP contribution in [0.1, 0.15) is 83.7 Å². The largest absolute Gasteiger partial charge is 0.371 e. The number of aromatic amines is 1. The Morgan fingerprint density at radius 2 is 1.76 bits per heavy atom. The van der Waals surface area contributed by atoms with Crippen molar-refractivity contribution in [3.8, 4) is 22.5 Å². The lowest BCUT2D eigenvalue weighted by molar-refractivity contribution is -0.135. The Labute approximate surface area is 335 Å². The normalized spacial score (nSPS) is 20.4. The van der Waals surface area contributed by atoms with Crippen molar-refractivity contribution in [1.29, 1.82) is 0 Å². The molecule has 12 nitrogen and oxygen atoms in total. The second-order valence-electron chi connectivity index (χ2n) is 17.4. The standard InChI is InChI=1S/C45H49FN8O4/c1-51-24-45(25-51)23-48-43(57)38-31-12-10-28-22-47-34(21-32(28)39(31)50-41(38)45)30-13-11-29(20-33(30)46)53-18-16-26(17-19-53)6-3-4-7-27-8-5-9-35-40(27)52(2)44(58)54(35)36-14-15-37(55)49-42(36)56/h5,8-9,11,13,20-22,26,36,50H,3-4,6-7,10,12,14-19,23-25H2,1-2H3,(H,48,57)(H,49,55,56). The lowest BCUT2D eigenvalue weighted by Gasteiger charge is -2.50. The van der Waals surface area contributed by atoms with Crippen LogP contribution in [-0.2, 0) is 41.3 Å². The number of imidazole rings is 1. The van der Waals surface area contributed by atoms with Gasteiger partial charge >= 0.3 is 5.69 Å². The van der Waals surface area contributed by atoms with Crippen LogP contribution in [0.15, 0.2) is 53.5 Å². The second kappa shape index (κ2) is 14.1. The smallest absolute Gasteiger partial charge is 0.329 e. The van der Waals surface area contributed by atoms with Crippen molar-refractivity contribution in [3.05, 3.63) is 92.9 Å². The number of hydrogen-bond donors (Lipinski definition) is 3. The van der Waals surface area contributed by atoms with Crippen LogP contribution in [0.5, 0.6) is 0 Å². The average molecular weight is 785 g/mol. The number of amides is 3. The number of aromatic nitrogens is 4. The summed E-state index contributed by atoms with van der Waals surface area (Å²) in [5, 5.41) is 5.53. The summed E-state index contributed by atoms with van der Waals surface area (Å²) in [6.07, 6.45) is 10.1. The number of likely N-dealkylation sites (N-methyl/N-ethyl adjacent to an activating group) is 1. The van der Waals surface area contributed by atoms with Crippen molar-refractivity contribution in [2.24, 2.45) is 13.0 Å². The molecule has 1 spiro atoms. The Bertz CT molecular complexity index is 2570. The molecule has 3 saturated heterocycles. The van der Waals surface area contributed by atoms with Gasteiger partial charge in [-0.05, 0) is 105 Å². The Morgan fingerprint density at radius 1 is 0.931 bits per heavy atom. The first-order chi connectivity index (χ1) is 28.1. The molecule has 7 heterocycles. The van der Waals surface area contributed by atoms with Crippen molar-refractivity contribution < 1.29 is 18.8 Å². The summed E-state index contributed by atoms with van der Waals surface area (Å²) >= 11 is 0. The highest BCUT2D eigenvalue weighted by molar-refractivity contribution is 6.02. The number of para-hydroxylation sites is 1. The maximum Gasteiger partial charge on any atom is 0.329 e. The number of anilines is 1. The minimum atomic E-state index is -0.689. The molecule has 1 aliphatic carbocycles. The number of nitrogens with one attached hydrogen (secondary N) is 3. The van der Waals surface area contributed by atoms with Gasteiger partial charge in [0.2, 0.25) is 11.8 Å². The van der Waals surface area contributed by atoms with Gasteiger partial charge in [-0.2, -0.15) is 0 Å². The van der Waals surface area contributed by atoms with E-state index in [9.17, 15) is 19.2 Å². The van der Waals surface area contributed by atoms with Crippen LogP contribution in [0.4, 0.5) is 10.1 Å². The molecule has 3 amide bonds. The number of nitrogens with zero attached hydrogens (tertiary/aromatic N) is 5. The number of carbonyl (C=O) groups excluding carboxylic acids is 3. The van der Waals surface area contributed by atoms with Gasteiger partial charge in [0.15, 0.2) is 0 Å². The van der Waals surface area contributed by atoms with Gasteiger partial charge in [-0.25, -0.2) is 9.18 Å². The third kappa shape index (κ3) is 5.99. The van der Waals surface area contributed by atoms with E-state index in [1.807, 2.05) is 36.5 Å². The van der Waals surface area contributed by atoms with Crippen LogP contribution < -0.4 is 21.2 Å². The predicted octanol–water partition coefficient (Wildman–Crippen LogP) is 5.17. The predicted molar refractivity (Wildman–Crippen MR) is 219 cm³/mol. The Hall–Kier alpha value is -5.56. The molecule has 10 rings (SSSR count). The molecule has 5 aromatic rings. The van der Waals surface area contributed by atoms with Gasteiger partial charge in [0.1, 0.15) is 11.9 Å². The molecule has 3 aromatic heterocycles. The first-order valence-corrected chi connectivity index (χ1v) is 20.9. The monoisotopic (exact) mass is 784 g/mol. The highest BCUT2D eigenvalue weighted by Gasteiger charge is 2.50. The summed E-state index contributed by atoms with van der Waals surface area (Å²) in [4.78, 5) is 63.8. The van der Waals surface area contributed by atoms with Crippen molar-refractivity contribution in [1.82, 2.24) is 34.6 Å². The molecule has 3 fully saturated rings. The topological polar surface area (TPSA) is 137 Å². The molecule has 13 heteroatoms. The fraction of sp³-hybridized carbons (Fsp3) is 0.444. The molecule has 1 unspecified atom stereocenters. The third-order valence-corrected chi connectivity index (χ3v) is 13.7. The van der Waals surface area contributed by atoms with E-state index in [0.29, 0.717) is 30.1 Å². The molecule has 58 heavy (non-hydrogen) atoms. The summed E-state index contributed by atoms with van der Waals surface area (Å²) in [5.74, 6) is -0.409. The molecular weight excluding hydrogens is 736 g/mol. The molecular formula is C45H49FN8O4. The summed E-state index contributed by atoms with van der Waals surface area (Å²) in [7, 11) is 3.86. The summed E-state index contributed by atoms with van der Waals surface area (Å²) in [5.41, 5.74) is 10.3. The van der Waals surface area contributed by atoms with Crippen LogP contribution in [0, 0.1) is 11.7 Å². The minimum absolute atomic E-state index is 0.00225. The highest BCUT2D eigenvalue weighted by atomic mass is 19.1. The molecule has 300 valence electrons. The van der Waals surface area contributed by atoms with Gasteiger partial charge < -0.3 is 20.1 Å². The van der Waals surface area contributed by atoms with E-state index >= 15 is 4.39 Å². The quantitative estimate of drug-likeness (QED) is 0.146. The first kappa shape index (κ1) is 36.8. The van der Waals surface area contributed by atoms with E-state index in [-0.39, 0.29) is 35.2 Å². The van der Waals surface area contributed by atoms with Gasteiger partial charge in [0.25, 0.3) is 5.91 Å². The van der Waals surface area contributed by atoms with Crippen molar-refractivity contribution >= 4 is 34.4 Å². The lowest BCUT2D eigenvalue weighted by atomic mass is 9.73. The molecule has 2 aromatic carbocycles. The maximum absolute atomic E-state index is 16.0. The molecule has 0 saturated carbocycles. The number of unbranched alkanes of at least 4 members (excludes halogenated alkanes) is 1. The Balaban J connectivity index is 0.772. The SMILES string of the molecule is CN1CC2(CNC(=O)c3c2[nH]c2c3CCc3cnc(-c4ccc(N5CCC(CCCCc6cccc7c6n(C)c(=O)n7C6CCC(=O)NC6=O)CC5)cc4F)cc3-2)C1. The number of benzene rings is 2. The fourth-order valence-corrected chi connectivity index (χ4v) is 10.8. The van der Waals surface area contributed by atoms with Gasteiger partial charge in [-0.1, -0.05) is 25.0 Å². The maximum atomic E-state index is 16.0. The number of fused-ring (bicyclic) bond motifs is 7. The van der Waals surface area contributed by atoms with E-state index in [2.05, 4.69) is 38.5 Å². The number of rotatable bonds is 8. The van der Waals surface area contributed by atoms with Gasteiger partial charge in [-0.15, -0.1) is 0 Å². The highest BCUT2D eigenvalue weighted by Crippen LogP contribution is 2.45. The lowest BCUT2D eigenvalue weighted by Crippen LogP contribution is -2.65. The van der Waals surface area contributed by atoms with Crippen LogP contribution in [-0.4, -0.2) is 81.5 Å². The van der Waals surface area contributed by atoms with Gasteiger partial charge in [0.05, 0.1) is 33.4 Å². The number of piperidine rings is 2. The molecule has 3 N–H and O–H groups in total. The van der Waals surface area contributed by atoms with E-state index in [1.54, 1.807) is 22.2 Å². The van der Waals surface area contributed by atoms with Crippen molar-refractivity contribution in [2.45, 2.75) is 75.7 Å². The third-order valence-electron chi connectivity index (χ3n) is 13.7. The zero-order chi connectivity index (χ0) is 39.9. The molecule has 0 bridgehead atoms. The zero-order valence-corrected chi connectivity index (χ0v) is 33.1. The van der Waals surface area contributed by atoms with E-state index in [4.69, 9.17) is 4.98 Å². The number of halogens is 1. The van der Waals surface area contributed by atoms with Crippen molar-refractivity contribution in [3.63, 3.8) is 0 Å². The molecule has 0 radical (unpaired) electrons. The first-order valence-electron chi connectivity index (χ1n) is 20.9. The molecule has 4 aliphatic heterocycles. The van der Waals surface area contributed by atoms with E-state index in [0.717, 1.165) is 133 Å². The van der Waals surface area contributed by atoms with Crippen LogP contribution in [0.3, 0.4) is 0 Å². The number of aryl methyl sites for hydroxylation is 3. The number of H-pyrrole nitrogens is 1. The average Bonchev–Trinajstić information content (AvgIpc) is 3.74. The Kier molecular flexibility index (Phi) is 8.92.